The third kappa shape index (κ3) is 3.71. The van der Waals surface area contributed by atoms with Gasteiger partial charge in [0.15, 0.2) is 0 Å². The second-order valence-corrected chi connectivity index (χ2v) is 6.90. The highest BCUT2D eigenvalue weighted by Crippen LogP contribution is 2.39. The smallest absolute Gasteiger partial charge is 0.289 e. The van der Waals surface area contributed by atoms with Gasteiger partial charge >= 0.3 is 0 Å². The fraction of sp³-hybridized carbons (Fsp3) is 0.556. The van der Waals surface area contributed by atoms with Crippen molar-refractivity contribution in [2.24, 2.45) is 0 Å². The van der Waals surface area contributed by atoms with Crippen LogP contribution in [-0.2, 0) is 4.74 Å². The summed E-state index contributed by atoms with van der Waals surface area (Å²) in [4.78, 5) is 25.7. The molecule has 7 nitrogen and oxygen atoms in total. The molecule has 2 aromatic rings. The van der Waals surface area contributed by atoms with Crippen LogP contribution in [0.3, 0.4) is 0 Å². The number of nitrogens with zero attached hydrogens (tertiary/aromatic N) is 4. The molecule has 1 amide bonds. The first kappa shape index (κ1) is 16.2. The molecule has 2 aromatic heterocycles. The highest BCUT2D eigenvalue weighted by atomic mass is 16.5. The quantitative estimate of drug-likeness (QED) is 0.902. The molecule has 2 aliphatic rings. The van der Waals surface area contributed by atoms with Crippen molar-refractivity contribution in [3.8, 4) is 5.82 Å². The van der Waals surface area contributed by atoms with E-state index in [0.29, 0.717) is 17.8 Å². The number of imidazole rings is 1. The monoisotopic (exact) mass is 341 g/mol. The first-order valence-electron chi connectivity index (χ1n) is 8.94. The first-order valence-corrected chi connectivity index (χ1v) is 8.94. The van der Waals surface area contributed by atoms with Crippen molar-refractivity contribution in [2.75, 3.05) is 7.11 Å². The molecule has 0 saturated heterocycles. The minimum atomic E-state index is -0.190. The van der Waals surface area contributed by atoms with Crippen LogP contribution in [0.25, 0.3) is 5.82 Å². The van der Waals surface area contributed by atoms with Crippen molar-refractivity contribution in [2.45, 2.75) is 56.6 Å². The summed E-state index contributed by atoms with van der Waals surface area (Å²) in [6.45, 7) is 0. The number of hydrogen-bond acceptors (Lipinski definition) is 5. The molecule has 2 heterocycles. The summed E-state index contributed by atoms with van der Waals surface area (Å²) in [7, 11) is 1.75. The van der Waals surface area contributed by atoms with Crippen molar-refractivity contribution >= 4 is 5.91 Å². The van der Waals surface area contributed by atoms with E-state index in [2.05, 4.69) is 20.3 Å². The largest absolute Gasteiger partial charge is 0.381 e. The fourth-order valence-corrected chi connectivity index (χ4v) is 3.36. The van der Waals surface area contributed by atoms with Crippen LogP contribution in [0.2, 0.25) is 0 Å². The number of carbonyl (C=O) groups is 1. The van der Waals surface area contributed by atoms with Crippen LogP contribution in [0.4, 0.5) is 0 Å². The molecule has 4 rings (SSSR count). The molecule has 132 valence electrons. The number of hydrogen-bond donors (Lipinski definition) is 1. The van der Waals surface area contributed by atoms with Gasteiger partial charge in [-0.25, -0.2) is 15.0 Å². The van der Waals surface area contributed by atoms with Crippen molar-refractivity contribution in [3.05, 3.63) is 36.3 Å². The van der Waals surface area contributed by atoms with Gasteiger partial charge in [-0.3, -0.25) is 9.36 Å². The maximum atomic E-state index is 12.7. The van der Waals surface area contributed by atoms with Crippen LogP contribution in [0.5, 0.6) is 0 Å². The van der Waals surface area contributed by atoms with E-state index in [0.717, 1.165) is 44.2 Å². The summed E-state index contributed by atoms with van der Waals surface area (Å²) in [5, 5.41) is 3.09. The zero-order valence-electron chi connectivity index (χ0n) is 14.4. The molecule has 1 N–H and O–H groups in total. The molecule has 25 heavy (non-hydrogen) atoms. The van der Waals surface area contributed by atoms with Crippen LogP contribution in [0, 0.1) is 0 Å². The SMILES string of the molecule is CO[C@H]1CC[C@H](NC(=O)c2nc(C3CC3)cc(-n3ccnc3)n2)CC1. The van der Waals surface area contributed by atoms with Gasteiger partial charge < -0.3 is 10.1 Å². The second kappa shape index (κ2) is 6.92. The summed E-state index contributed by atoms with van der Waals surface area (Å²) in [6, 6.07) is 2.13. The first-order chi connectivity index (χ1) is 12.2. The molecular weight excluding hydrogens is 318 g/mol. The number of methoxy groups -OCH3 is 1. The third-order valence-electron chi connectivity index (χ3n) is 5.04. The highest BCUT2D eigenvalue weighted by molar-refractivity contribution is 5.90. The van der Waals surface area contributed by atoms with E-state index in [4.69, 9.17) is 4.74 Å². The Morgan fingerprint density at radius 3 is 2.64 bits per heavy atom. The maximum absolute atomic E-state index is 12.7. The van der Waals surface area contributed by atoms with Crippen molar-refractivity contribution in [3.63, 3.8) is 0 Å². The molecule has 0 aromatic carbocycles. The Morgan fingerprint density at radius 2 is 2.00 bits per heavy atom. The van der Waals surface area contributed by atoms with Gasteiger partial charge in [-0.1, -0.05) is 0 Å². The summed E-state index contributed by atoms with van der Waals surface area (Å²) in [6.07, 6.45) is 11.6. The van der Waals surface area contributed by atoms with E-state index in [1.54, 1.807) is 19.6 Å². The van der Waals surface area contributed by atoms with Crippen LogP contribution in [-0.4, -0.2) is 44.7 Å². The number of aromatic nitrogens is 4. The van der Waals surface area contributed by atoms with Crippen LogP contribution in [0.15, 0.2) is 24.8 Å². The van der Waals surface area contributed by atoms with E-state index in [9.17, 15) is 4.79 Å². The lowest BCUT2D eigenvalue weighted by atomic mass is 9.93. The Labute approximate surface area is 146 Å². The molecule has 0 atom stereocenters. The van der Waals surface area contributed by atoms with Gasteiger partial charge in [-0.2, -0.15) is 0 Å². The van der Waals surface area contributed by atoms with Crippen molar-refractivity contribution in [1.82, 2.24) is 24.8 Å². The molecular formula is C18H23N5O2. The maximum Gasteiger partial charge on any atom is 0.289 e. The summed E-state index contributed by atoms with van der Waals surface area (Å²) in [5.74, 6) is 1.21. The van der Waals surface area contributed by atoms with Gasteiger partial charge in [0.05, 0.1) is 6.10 Å². The molecule has 0 spiro atoms. The molecule has 0 aliphatic heterocycles. The van der Waals surface area contributed by atoms with Crippen molar-refractivity contribution in [1.29, 1.82) is 0 Å². The Bertz CT molecular complexity index is 734. The molecule has 2 fully saturated rings. The number of amides is 1. The minimum absolute atomic E-state index is 0.170. The molecule has 0 unspecified atom stereocenters. The standard InChI is InChI=1S/C18H23N5O2/c1-25-14-6-4-13(5-7-14)20-18(24)17-21-15(12-2-3-12)10-16(22-17)23-9-8-19-11-23/h8-14H,2-7H2,1H3,(H,20,24)/t13-,14-. The van der Waals surface area contributed by atoms with Gasteiger partial charge in [-0.15, -0.1) is 0 Å². The summed E-state index contributed by atoms with van der Waals surface area (Å²) < 4.78 is 7.20. The Balaban J connectivity index is 1.51. The minimum Gasteiger partial charge on any atom is -0.381 e. The second-order valence-electron chi connectivity index (χ2n) is 6.90. The summed E-state index contributed by atoms with van der Waals surface area (Å²) >= 11 is 0. The van der Waals surface area contributed by atoms with Gasteiger partial charge in [0.2, 0.25) is 5.82 Å². The zero-order chi connectivity index (χ0) is 17.2. The predicted molar refractivity (Wildman–Crippen MR) is 91.6 cm³/mol. The van der Waals surface area contributed by atoms with E-state index in [-0.39, 0.29) is 17.8 Å². The van der Waals surface area contributed by atoms with Gasteiger partial charge in [0.25, 0.3) is 5.91 Å². The highest BCUT2D eigenvalue weighted by Gasteiger charge is 2.28. The van der Waals surface area contributed by atoms with Crippen molar-refractivity contribution < 1.29 is 9.53 Å². The van der Waals surface area contributed by atoms with Gasteiger partial charge in [0.1, 0.15) is 12.1 Å². The predicted octanol–water partition coefficient (Wildman–Crippen LogP) is 2.23. The molecule has 7 heteroatoms. The number of carbonyl (C=O) groups excluding carboxylic acids is 1. The number of ether oxygens (including phenoxy) is 1. The lowest BCUT2D eigenvalue weighted by Crippen LogP contribution is -2.39. The third-order valence-corrected chi connectivity index (χ3v) is 5.04. The lowest BCUT2D eigenvalue weighted by Gasteiger charge is -2.28. The van der Waals surface area contributed by atoms with E-state index in [1.165, 1.54) is 0 Å². The van der Waals surface area contributed by atoms with Crippen LogP contribution in [0.1, 0.15) is 60.8 Å². The average Bonchev–Trinajstić information content (AvgIpc) is 3.36. The Morgan fingerprint density at radius 1 is 1.20 bits per heavy atom. The van der Waals surface area contributed by atoms with Gasteiger partial charge in [-0.05, 0) is 38.5 Å². The molecule has 2 aliphatic carbocycles. The van der Waals surface area contributed by atoms with Gasteiger partial charge in [0, 0.05) is 43.2 Å². The Hall–Kier alpha value is -2.28. The number of nitrogens with one attached hydrogen (secondary N) is 1. The normalized spacial score (nSPS) is 23.4. The van der Waals surface area contributed by atoms with E-state index in [1.807, 2.05) is 16.8 Å². The number of rotatable bonds is 5. The lowest BCUT2D eigenvalue weighted by molar-refractivity contribution is 0.0597. The molecule has 0 radical (unpaired) electrons. The van der Waals surface area contributed by atoms with E-state index < -0.39 is 0 Å². The Kier molecular flexibility index (Phi) is 4.48. The fourth-order valence-electron chi connectivity index (χ4n) is 3.36. The average molecular weight is 341 g/mol. The molecule has 0 bridgehead atoms. The zero-order valence-corrected chi connectivity index (χ0v) is 14.4. The van der Waals surface area contributed by atoms with E-state index >= 15 is 0 Å². The van der Waals surface area contributed by atoms with Crippen LogP contribution < -0.4 is 5.32 Å². The molecule has 2 saturated carbocycles. The topological polar surface area (TPSA) is 81.9 Å². The summed E-state index contributed by atoms with van der Waals surface area (Å²) in [5.41, 5.74) is 0.951. The van der Waals surface area contributed by atoms with Crippen LogP contribution >= 0.6 is 0 Å².